The Balaban J connectivity index is 1.37. The van der Waals surface area contributed by atoms with Gasteiger partial charge in [-0.25, -0.2) is 9.97 Å². The fourth-order valence-electron chi connectivity index (χ4n) is 4.33. The summed E-state index contributed by atoms with van der Waals surface area (Å²) in [5.41, 5.74) is 8.02. The van der Waals surface area contributed by atoms with Gasteiger partial charge in [0.1, 0.15) is 22.5 Å². The fourth-order valence-corrected chi connectivity index (χ4v) is 5.88. The number of thiophene rings is 1. The molecule has 1 atom stereocenters. The van der Waals surface area contributed by atoms with Crippen molar-refractivity contribution in [3.8, 4) is 0 Å². The highest BCUT2D eigenvalue weighted by molar-refractivity contribution is 7.23. The zero-order chi connectivity index (χ0) is 24.7. The van der Waals surface area contributed by atoms with Gasteiger partial charge in [0.15, 0.2) is 0 Å². The quantitative estimate of drug-likeness (QED) is 0.415. The van der Waals surface area contributed by atoms with Crippen LogP contribution in [0.4, 0.5) is 5.82 Å². The van der Waals surface area contributed by atoms with E-state index in [1.165, 1.54) is 24.8 Å². The van der Waals surface area contributed by atoms with E-state index in [-0.39, 0.29) is 18.4 Å². The molecule has 2 aromatic carbocycles. The summed E-state index contributed by atoms with van der Waals surface area (Å²) in [6, 6.07) is 10.2. The molecular formula is C24H21Cl2N5O3S. The zero-order valence-corrected chi connectivity index (χ0v) is 21.0. The number of aromatic nitrogens is 2. The number of benzene rings is 2. The molecule has 1 aliphatic rings. The van der Waals surface area contributed by atoms with E-state index in [0.717, 1.165) is 21.0 Å². The molecule has 2 N–H and O–H groups in total. The molecule has 0 saturated carbocycles. The molecule has 1 aliphatic heterocycles. The van der Waals surface area contributed by atoms with Crippen molar-refractivity contribution in [3.05, 3.63) is 63.2 Å². The largest absolute Gasteiger partial charge is 0.383 e. The normalized spacial score (nSPS) is 16.4. The highest BCUT2D eigenvalue weighted by Gasteiger charge is 2.38. The van der Waals surface area contributed by atoms with Crippen LogP contribution in [-0.4, -0.2) is 64.4 Å². The number of hydrogen-bond acceptors (Lipinski definition) is 7. The SMILES string of the molecule is COCC1C(=O)N(Cc2ccc3c(N)ncnc3c2)CCN1C(=O)c1ccc2c(Cl)c(Cl)sc2c1. The summed E-state index contributed by atoms with van der Waals surface area (Å²) in [5, 5.41) is 2.05. The lowest BCUT2D eigenvalue weighted by Gasteiger charge is -2.40. The Hall–Kier alpha value is -2.98. The number of nitrogen functional groups attached to an aromatic ring is 1. The van der Waals surface area contributed by atoms with Crippen molar-refractivity contribution in [3.63, 3.8) is 0 Å². The van der Waals surface area contributed by atoms with Crippen LogP contribution in [-0.2, 0) is 16.1 Å². The number of amides is 2. The van der Waals surface area contributed by atoms with E-state index in [1.807, 2.05) is 18.2 Å². The van der Waals surface area contributed by atoms with Gasteiger partial charge in [0.2, 0.25) is 5.91 Å². The second-order valence-electron chi connectivity index (χ2n) is 8.24. The third-order valence-corrected chi connectivity index (χ3v) is 8.07. The van der Waals surface area contributed by atoms with Crippen LogP contribution in [0.2, 0.25) is 9.36 Å². The lowest BCUT2D eigenvalue weighted by atomic mass is 10.1. The fraction of sp³-hybridized carbons (Fsp3) is 0.250. The number of ether oxygens (including phenoxy) is 1. The lowest BCUT2D eigenvalue weighted by molar-refractivity contribution is -0.143. The number of nitrogens with zero attached hydrogens (tertiary/aromatic N) is 4. The van der Waals surface area contributed by atoms with Crippen LogP contribution in [0.25, 0.3) is 21.0 Å². The molecule has 2 aromatic heterocycles. The van der Waals surface area contributed by atoms with Gasteiger partial charge in [0.05, 0.1) is 17.1 Å². The van der Waals surface area contributed by atoms with Gasteiger partial charge in [-0.1, -0.05) is 35.3 Å². The topological polar surface area (TPSA) is 102 Å². The van der Waals surface area contributed by atoms with Gasteiger partial charge in [-0.2, -0.15) is 0 Å². The molecule has 0 radical (unpaired) electrons. The second kappa shape index (κ2) is 9.58. The van der Waals surface area contributed by atoms with Crippen LogP contribution in [0.5, 0.6) is 0 Å². The third kappa shape index (κ3) is 4.40. The number of anilines is 1. The number of methoxy groups -OCH3 is 1. The number of piperazine rings is 1. The minimum Gasteiger partial charge on any atom is -0.383 e. The van der Waals surface area contributed by atoms with Gasteiger partial charge in [-0.15, -0.1) is 11.3 Å². The molecule has 0 bridgehead atoms. The number of hydrogen-bond donors (Lipinski definition) is 1. The van der Waals surface area contributed by atoms with E-state index in [0.29, 0.717) is 45.9 Å². The Labute approximate surface area is 215 Å². The average molecular weight is 530 g/mol. The van der Waals surface area contributed by atoms with E-state index in [4.69, 9.17) is 33.7 Å². The first-order valence-electron chi connectivity index (χ1n) is 10.8. The first-order valence-corrected chi connectivity index (χ1v) is 12.4. The van der Waals surface area contributed by atoms with Crippen molar-refractivity contribution >= 4 is 73.2 Å². The van der Waals surface area contributed by atoms with Crippen molar-refractivity contribution in [2.45, 2.75) is 12.6 Å². The van der Waals surface area contributed by atoms with Crippen molar-refractivity contribution in [1.29, 1.82) is 0 Å². The monoisotopic (exact) mass is 529 g/mol. The number of carbonyl (C=O) groups excluding carboxylic acids is 2. The Morgan fingerprint density at radius 3 is 2.77 bits per heavy atom. The molecular weight excluding hydrogens is 509 g/mol. The molecule has 5 rings (SSSR count). The summed E-state index contributed by atoms with van der Waals surface area (Å²) >= 11 is 13.7. The van der Waals surface area contributed by atoms with Gasteiger partial charge in [0, 0.05) is 47.8 Å². The number of carbonyl (C=O) groups is 2. The molecule has 4 aromatic rings. The summed E-state index contributed by atoms with van der Waals surface area (Å²) in [6.07, 6.45) is 1.42. The van der Waals surface area contributed by atoms with Crippen LogP contribution >= 0.6 is 34.5 Å². The van der Waals surface area contributed by atoms with E-state index in [2.05, 4.69) is 9.97 Å². The number of halogens is 2. The first-order chi connectivity index (χ1) is 16.9. The van der Waals surface area contributed by atoms with Crippen molar-refractivity contribution < 1.29 is 14.3 Å². The van der Waals surface area contributed by atoms with Crippen molar-refractivity contribution in [2.24, 2.45) is 0 Å². The molecule has 35 heavy (non-hydrogen) atoms. The summed E-state index contributed by atoms with van der Waals surface area (Å²) in [6.45, 7) is 1.26. The molecule has 2 amide bonds. The van der Waals surface area contributed by atoms with Crippen LogP contribution in [0.1, 0.15) is 15.9 Å². The zero-order valence-electron chi connectivity index (χ0n) is 18.7. The van der Waals surface area contributed by atoms with Gasteiger partial charge < -0.3 is 20.3 Å². The Bertz CT molecular complexity index is 1460. The maximum Gasteiger partial charge on any atom is 0.254 e. The predicted molar refractivity (Wildman–Crippen MR) is 138 cm³/mol. The average Bonchev–Trinajstić information content (AvgIpc) is 3.14. The molecule has 3 heterocycles. The predicted octanol–water partition coefficient (Wildman–Crippen LogP) is 4.23. The van der Waals surface area contributed by atoms with Crippen LogP contribution in [0.3, 0.4) is 0 Å². The highest BCUT2D eigenvalue weighted by Crippen LogP contribution is 2.39. The molecule has 0 spiro atoms. The summed E-state index contributed by atoms with van der Waals surface area (Å²) in [5.74, 6) is 0.00713. The van der Waals surface area contributed by atoms with E-state index in [9.17, 15) is 9.59 Å². The maximum atomic E-state index is 13.4. The third-order valence-electron chi connectivity index (χ3n) is 6.11. The van der Waals surface area contributed by atoms with Gasteiger partial charge >= 0.3 is 0 Å². The molecule has 11 heteroatoms. The van der Waals surface area contributed by atoms with Crippen LogP contribution in [0, 0.1) is 0 Å². The molecule has 1 fully saturated rings. The van der Waals surface area contributed by atoms with Crippen molar-refractivity contribution in [1.82, 2.24) is 19.8 Å². The van der Waals surface area contributed by atoms with Gasteiger partial charge in [-0.05, 0) is 29.8 Å². The minimum absolute atomic E-state index is 0.0987. The number of rotatable bonds is 5. The highest BCUT2D eigenvalue weighted by atomic mass is 35.5. The van der Waals surface area contributed by atoms with Gasteiger partial charge in [-0.3, -0.25) is 9.59 Å². The number of nitrogens with two attached hydrogens (primary N) is 1. The summed E-state index contributed by atoms with van der Waals surface area (Å²) in [4.78, 5) is 38.4. The van der Waals surface area contributed by atoms with E-state index >= 15 is 0 Å². The Kier molecular flexibility index (Phi) is 6.50. The van der Waals surface area contributed by atoms with Crippen LogP contribution in [0.15, 0.2) is 42.7 Å². The molecule has 8 nitrogen and oxygen atoms in total. The molecule has 1 unspecified atom stereocenters. The molecule has 180 valence electrons. The van der Waals surface area contributed by atoms with E-state index < -0.39 is 6.04 Å². The standard InChI is InChI=1S/C24H21Cl2N5O3S/c1-34-11-18-24(33)30(10-13-2-4-15-17(8-13)28-12-29-22(15)27)6-7-31(18)23(32)14-3-5-16-19(9-14)35-21(26)20(16)25/h2-5,8-9,12,18H,6-7,10-11H2,1H3,(H2,27,28,29). The lowest BCUT2D eigenvalue weighted by Crippen LogP contribution is -2.60. The number of fused-ring (bicyclic) bond motifs is 2. The Morgan fingerprint density at radius 2 is 1.97 bits per heavy atom. The van der Waals surface area contributed by atoms with Crippen LogP contribution < -0.4 is 5.73 Å². The molecule has 0 aliphatic carbocycles. The summed E-state index contributed by atoms with van der Waals surface area (Å²) < 4.78 is 6.62. The second-order valence-corrected chi connectivity index (χ2v) is 10.3. The summed E-state index contributed by atoms with van der Waals surface area (Å²) in [7, 11) is 1.52. The first kappa shape index (κ1) is 23.7. The van der Waals surface area contributed by atoms with Crippen molar-refractivity contribution in [2.75, 3.05) is 32.5 Å². The molecule has 1 saturated heterocycles. The van der Waals surface area contributed by atoms with E-state index in [1.54, 1.807) is 28.0 Å². The maximum absolute atomic E-state index is 13.4. The Morgan fingerprint density at radius 1 is 1.17 bits per heavy atom. The smallest absolute Gasteiger partial charge is 0.254 e. The minimum atomic E-state index is -0.731. The van der Waals surface area contributed by atoms with Gasteiger partial charge in [0.25, 0.3) is 5.91 Å².